The smallest absolute Gasteiger partial charge is 0.335 e. The zero-order chi connectivity index (χ0) is 18.9. The molecule has 1 unspecified atom stereocenters. The lowest BCUT2D eigenvalue weighted by molar-refractivity contribution is -0.164. The lowest BCUT2D eigenvalue weighted by atomic mass is 10.2. The number of alkyl halides is 3. The summed E-state index contributed by atoms with van der Waals surface area (Å²) in [6.07, 6.45) is -2.71. The van der Waals surface area contributed by atoms with E-state index in [4.69, 9.17) is 5.84 Å². The van der Waals surface area contributed by atoms with Crippen LogP contribution in [0.5, 0.6) is 0 Å². The fourth-order valence-corrected chi connectivity index (χ4v) is 4.09. The van der Waals surface area contributed by atoms with Crippen molar-refractivity contribution in [1.82, 2.24) is 19.8 Å². The molecule has 0 aliphatic heterocycles. The Bertz CT molecular complexity index is 758. The van der Waals surface area contributed by atoms with Gasteiger partial charge in [-0.05, 0) is 37.1 Å². The molecule has 2 N–H and O–H groups in total. The third kappa shape index (κ3) is 4.50. The Kier molecular flexibility index (Phi) is 5.47. The van der Waals surface area contributed by atoms with Crippen LogP contribution in [0.1, 0.15) is 19.8 Å². The molecule has 142 valence electrons. The molecule has 6 nitrogen and oxygen atoms in total. The van der Waals surface area contributed by atoms with Gasteiger partial charge >= 0.3 is 6.18 Å². The van der Waals surface area contributed by atoms with E-state index in [1.165, 1.54) is 16.0 Å². The van der Waals surface area contributed by atoms with Gasteiger partial charge in [-0.25, -0.2) is 4.68 Å². The minimum atomic E-state index is -4.43. The van der Waals surface area contributed by atoms with E-state index in [1.54, 1.807) is 6.92 Å². The molecular weight excluding hydrogens is 387 g/mol. The first-order chi connectivity index (χ1) is 12.3. The number of amides is 1. The summed E-state index contributed by atoms with van der Waals surface area (Å²) in [6, 6.07) is 3.25. The van der Waals surface area contributed by atoms with E-state index >= 15 is 0 Å². The molecule has 0 saturated heterocycles. The molecule has 2 heterocycles. The van der Waals surface area contributed by atoms with Gasteiger partial charge in [-0.1, -0.05) is 17.8 Å². The number of nitrogens with two attached hydrogens (primary N) is 1. The molecule has 11 heteroatoms. The Labute approximate surface area is 156 Å². The molecule has 1 fully saturated rings. The van der Waals surface area contributed by atoms with E-state index in [0.717, 1.165) is 34.4 Å². The summed E-state index contributed by atoms with van der Waals surface area (Å²) in [7, 11) is 0. The quantitative estimate of drug-likeness (QED) is 0.566. The Morgan fingerprint density at radius 3 is 2.81 bits per heavy atom. The summed E-state index contributed by atoms with van der Waals surface area (Å²) in [5.74, 6) is 5.80. The van der Waals surface area contributed by atoms with Gasteiger partial charge in [-0.2, -0.15) is 13.2 Å². The summed E-state index contributed by atoms with van der Waals surface area (Å²) in [5, 5.41) is 10.1. The molecule has 0 radical (unpaired) electrons. The van der Waals surface area contributed by atoms with Crippen LogP contribution in [0.25, 0.3) is 10.7 Å². The third-order valence-corrected chi connectivity index (χ3v) is 5.99. The summed E-state index contributed by atoms with van der Waals surface area (Å²) >= 11 is 2.43. The third-order valence-electron chi connectivity index (χ3n) is 4.20. The van der Waals surface area contributed by atoms with E-state index < -0.39 is 24.7 Å². The lowest BCUT2D eigenvalue weighted by Crippen LogP contribution is -2.46. The van der Waals surface area contributed by atoms with Gasteiger partial charge in [-0.15, -0.1) is 21.5 Å². The molecule has 0 bridgehead atoms. The minimum Gasteiger partial charge on any atom is -0.335 e. The van der Waals surface area contributed by atoms with Crippen LogP contribution in [0.3, 0.4) is 0 Å². The van der Waals surface area contributed by atoms with Gasteiger partial charge < -0.3 is 10.7 Å². The maximum absolute atomic E-state index is 12.9. The number of rotatable bonds is 7. The Balaban J connectivity index is 1.66. The average Bonchev–Trinajstić information content (AvgIpc) is 3.16. The molecule has 1 aliphatic carbocycles. The summed E-state index contributed by atoms with van der Waals surface area (Å²) < 4.78 is 39.8. The number of halogens is 3. The first kappa shape index (κ1) is 19.0. The number of carbonyl (C=O) groups is 1. The summed E-state index contributed by atoms with van der Waals surface area (Å²) in [4.78, 5) is 14.2. The number of aromatic nitrogens is 3. The fraction of sp³-hybridized carbons (Fsp3) is 0.533. The highest BCUT2D eigenvalue weighted by atomic mass is 32.2. The van der Waals surface area contributed by atoms with Crippen LogP contribution in [0.4, 0.5) is 13.2 Å². The Hall–Kier alpha value is -1.75. The van der Waals surface area contributed by atoms with E-state index in [2.05, 4.69) is 10.2 Å². The maximum atomic E-state index is 12.9. The van der Waals surface area contributed by atoms with Crippen LogP contribution >= 0.6 is 23.1 Å². The maximum Gasteiger partial charge on any atom is 0.406 e. The molecule has 2 aromatic heterocycles. The van der Waals surface area contributed by atoms with Crippen molar-refractivity contribution in [2.75, 3.05) is 18.1 Å². The van der Waals surface area contributed by atoms with Crippen LogP contribution in [0.2, 0.25) is 0 Å². The van der Waals surface area contributed by atoms with Gasteiger partial charge in [0.25, 0.3) is 0 Å². The molecule has 0 aromatic carbocycles. The molecule has 26 heavy (non-hydrogen) atoms. The van der Waals surface area contributed by atoms with Gasteiger partial charge in [0, 0.05) is 6.04 Å². The first-order valence-corrected chi connectivity index (χ1v) is 9.86. The van der Waals surface area contributed by atoms with Crippen LogP contribution in [0.15, 0.2) is 22.7 Å². The van der Waals surface area contributed by atoms with Crippen LogP contribution in [-0.4, -0.2) is 50.2 Å². The van der Waals surface area contributed by atoms with Crippen molar-refractivity contribution in [3.8, 4) is 10.7 Å². The second-order valence-corrected chi connectivity index (χ2v) is 8.05. The summed E-state index contributed by atoms with van der Waals surface area (Å²) in [5.41, 5.74) is 0. The van der Waals surface area contributed by atoms with E-state index in [0.29, 0.717) is 5.82 Å². The summed E-state index contributed by atoms with van der Waals surface area (Å²) in [6.45, 7) is 0.437. The molecular formula is C15H18F3N5OS2. The SMILES string of the molecule is CC(C1CC1)N(CC(F)(F)F)C(=O)CSc1nnc(-c2cccs2)n1N. The van der Waals surface area contributed by atoms with Gasteiger partial charge in [0.05, 0.1) is 10.6 Å². The predicted molar refractivity (Wildman–Crippen MR) is 94.2 cm³/mol. The van der Waals surface area contributed by atoms with Gasteiger partial charge in [0.1, 0.15) is 6.54 Å². The van der Waals surface area contributed by atoms with Crippen LogP contribution in [-0.2, 0) is 4.79 Å². The van der Waals surface area contributed by atoms with Crippen molar-refractivity contribution < 1.29 is 18.0 Å². The van der Waals surface area contributed by atoms with Gasteiger partial charge in [0.15, 0.2) is 5.82 Å². The zero-order valence-corrected chi connectivity index (χ0v) is 15.6. The largest absolute Gasteiger partial charge is 0.406 e. The van der Waals surface area contributed by atoms with E-state index in [9.17, 15) is 18.0 Å². The number of hydrogen-bond acceptors (Lipinski definition) is 6. The molecule has 1 aliphatic rings. The number of carbonyl (C=O) groups excluding carboxylic acids is 1. The lowest BCUT2D eigenvalue weighted by Gasteiger charge is -2.30. The standard InChI is InChI=1S/C15H18F3N5OS2/c1-9(10-4-5-10)22(8-15(16,17)18)12(24)7-26-14-21-20-13(23(14)19)11-3-2-6-25-11/h2-3,6,9-10H,4-5,7-8,19H2,1H3. The monoisotopic (exact) mass is 405 g/mol. The molecule has 1 atom stereocenters. The second kappa shape index (κ2) is 7.47. The minimum absolute atomic E-state index is 0.148. The number of nitrogens with zero attached hydrogens (tertiary/aromatic N) is 4. The molecule has 1 amide bonds. The number of thioether (sulfide) groups is 1. The van der Waals surface area contributed by atoms with Crippen molar-refractivity contribution >= 4 is 29.0 Å². The van der Waals surface area contributed by atoms with Crippen molar-refractivity contribution in [2.45, 2.75) is 37.1 Å². The van der Waals surface area contributed by atoms with Crippen molar-refractivity contribution in [1.29, 1.82) is 0 Å². The highest BCUT2D eigenvalue weighted by molar-refractivity contribution is 7.99. The highest BCUT2D eigenvalue weighted by Crippen LogP contribution is 2.36. The normalized spacial score (nSPS) is 15.8. The number of thiophene rings is 1. The number of hydrogen-bond donors (Lipinski definition) is 1. The molecule has 0 spiro atoms. The van der Waals surface area contributed by atoms with Gasteiger partial charge in [0.2, 0.25) is 11.1 Å². The van der Waals surface area contributed by atoms with E-state index in [-0.39, 0.29) is 16.8 Å². The highest BCUT2D eigenvalue weighted by Gasteiger charge is 2.40. The Morgan fingerprint density at radius 2 is 2.23 bits per heavy atom. The van der Waals surface area contributed by atoms with E-state index in [1.807, 2.05) is 17.5 Å². The number of nitrogen functional groups attached to an aromatic ring is 1. The first-order valence-electron chi connectivity index (χ1n) is 7.99. The predicted octanol–water partition coefficient (Wildman–Crippen LogP) is 3.00. The van der Waals surface area contributed by atoms with Crippen molar-refractivity contribution in [3.05, 3.63) is 17.5 Å². The van der Waals surface area contributed by atoms with Gasteiger partial charge in [-0.3, -0.25) is 4.79 Å². The van der Waals surface area contributed by atoms with Crippen molar-refractivity contribution in [3.63, 3.8) is 0 Å². The molecule has 3 rings (SSSR count). The molecule has 2 aromatic rings. The topological polar surface area (TPSA) is 77.0 Å². The van der Waals surface area contributed by atoms with Crippen LogP contribution in [0, 0.1) is 5.92 Å². The average molecular weight is 405 g/mol. The van der Waals surface area contributed by atoms with Crippen molar-refractivity contribution in [2.24, 2.45) is 5.92 Å². The molecule has 1 saturated carbocycles. The van der Waals surface area contributed by atoms with Crippen LogP contribution < -0.4 is 5.84 Å². The fourth-order valence-electron chi connectivity index (χ4n) is 2.64. The second-order valence-electron chi connectivity index (χ2n) is 6.16. The Morgan fingerprint density at radius 1 is 1.50 bits per heavy atom. The zero-order valence-electron chi connectivity index (χ0n) is 13.9.